The minimum Gasteiger partial charge on any atom is -0.383 e. The minimum absolute atomic E-state index is 0.114. The van der Waals surface area contributed by atoms with E-state index < -0.39 is 10.0 Å². The smallest absolute Gasteiger partial charge is 0.244 e. The molecule has 0 aliphatic heterocycles. The van der Waals surface area contributed by atoms with Crippen molar-refractivity contribution >= 4 is 26.0 Å². The molecule has 0 N–H and O–H groups in total. The molecule has 0 bridgehead atoms. The average molecular weight is 336 g/mol. The van der Waals surface area contributed by atoms with Crippen LogP contribution in [0.3, 0.4) is 0 Å². The third-order valence-corrected chi connectivity index (χ3v) is 5.60. The molecule has 0 unspecified atom stereocenters. The number of hydrogen-bond acceptors (Lipinski definition) is 3. The number of benzene rings is 1. The minimum atomic E-state index is -3.50. The number of nitrogens with zero attached hydrogens (tertiary/aromatic N) is 1. The first-order valence-corrected chi connectivity index (χ1v) is 7.90. The van der Waals surface area contributed by atoms with E-state index in [1.54, 1.807) is 31.4 Å². The molecule has 102 valence electrons. The van der Waals surface area contributed by atoms with Gasteiger partial charge in [0.1, 0.15) is 0 Å². The largest absolute Gasteiger partial charge is 0.383 e. The van der Waals surface area contributed by atoms with Gasteiger partial charge in [-0.25, -0.2) is 8.42 Å². The highest BCUT2D eigenvalue weighted by molar-refractivity contribution is 9.10. The summed E-state index contributed by atoms with van der Waals surface area (Å²) in [7, 11) is -1.94. The Balaban J connectivity index is 3.14. The lowest BCUT2D eigenvalue weighted by molar-refractivity contribution is 0.171. The van der Waals surface area contributed by atoms with Crippen molar-refractivity contribution in [3.05, 3.63) is 28.7 Å². The molecule has 0 spiro atoms. The van der Waals surface area contributed by atoms with E-state index in [-0.39, 0.29) is 10.9 Å². The van der Waals surface area contributed by atoms with Crippen LogP contribution in [0, 0.1) is 0 Å². The second-order valence-electron chi connectivity index (χ2n) is 4.13. The Morgan fingerprint density at radius 3 is 2.44 bits per heavy atom. The van der Waals surface area contributed by atoms with Gasteiger partial charge in [0.25, 0.3) is 0 Å². The van der Waals surface area contributed by atoms with Gasteiger partial charge in [-0.05, 0) is 41.9 Å². The molecule has 0 aliphatic carbocycles. The van der Waals surface area contributed by atoms with Gasteiger partial charge >= 0.3 is 0 Å². The highest BCUT2D eigenvalue weighted by atomic mass is 79.9. The van der Waals surface area contributed by atoms with E-state index in [9.17, 15) is 8.42 Å². The molecule has 1 aromatic rings. The lowest BCUT2D eigenvalue weighted by Gasteiger charge is -2.26. The van der Waals surface area contributed by atoms with Crippen LogP contribution in [0.4, 0.5) is 0 Å². The van der Waals surface area contributed by atoms with E-state index in [0.717, 1.165) is 0 Å². The maximum Gasteiger partial charge on any atom is 0.244 e. The molecule has 6 heteroatoms. The molecule has 0 aromatic heterocycles. The van der Waals surface area contributed by atoms with Gasteiger partial charge in [0.15, 0.2) is 0 Å². The van der Waals surface area contributed by atoms with Gasteiger partial charge in [0.2, 0.25) is 10.0 Å². The fourth-order valence-corrected chi connectivity index (χ4v) is 4.20. The van der Waals surface area contributed by atoms with Crippen LogP contribution in [0.5, 0.6) is 0 Å². The third-order valence-electron chi connectivity index (χ3n) is 2.52. The normalized spacial score (nSPS) is 12.3. The fourth-order valence-electron chi connectivity index (χ4n) is 1.62. The van der Waals surface area contributed by atoms with E-state index >= 15 is 0 Å². The maximum absolute atomic E-state index is 12.5. The summed E-state index contributed by atoms with van der Waals surface area (Å²) in [4.78, 5) is 0.287. The van der Waals surface area contributed by atoms with Crippen LogP contribution >= 0.6 is 15.9 Å². The molecule has 0 atom stereocenters. The van der Waals surface area contributed by atoms with Crippen molar-refractivity contribution in [1.29, 1.82) is 0 Å². The van der Waals surface area contributed by atoms with Gasteiger partial charge in [-0.2, -0.15) is 4.31 Å². The standard InChI is InChI=1S/C12H18BrNO3S/c1-10(2)14(8-9-17-3)18(15,16)12-7-5-4-6-11(12)13/h4-7,10H,8-9H2,1-3H3. The van der Waals surface area contributed by atoms with Crippen molar-refractivity contribution in [2.45, 2.75) is 24.8 Å². The summed E-state index contributed by atoms with van der Waals surface area (Å²) in [5.74, 6) is 0. The molecule has 4 nitrogen and oxygen atoms in total. The zero-order chi connectivity index (χ0) is 13.8. The molecule has 18 heavy (non-hydrogen) atoms. The van der Waals surface area contributed by atoms with Gasteiger partial charge in [0, 0.05) is 24.2 Å². The fraction of sp³-hybridized carbons (Fsp3) is 0.500. The van der Waals surface area contributed by atoms with E-state index in [0.29, 0.717) is 17.6 Å². The molecule has 1 rings (SSSR count). The first kappa shape index (κ1) is 15.6. The monoisotopic (exact) mass is 335 g/mol. The Morgan fingerprint density at radius 1 is 1.33 bits per heavy atom. The molecular weight excluding hydrogens is 318 g/mol. The summed E-state index contributed by atoms with van der Waals surface area (Å²) >= 11 is 3.28. The van der Waals surface area contributed by atoms with E-state index in [1.165, 1.54) is 4.31 Å². The van der Waals surface area contributed by atoms with Crippen LogP contribution in [-0.4, -0.2) is 39.0 Å². The van der Waals surface area contributed by atoms with E-state index in [1.807, 2.05) is 13.8 Å². The van der Waals surface area contributed by atoms with Crippen molar-refractivity contribution in [3.63, 3.8) is 0 Å². The Morgan fingerprint density at radius 2 is 1.94 bits per heavy atom. The highest BCUT2D eigenvalue weighted by Crippen LogP contribution is 2.25. The average Bonchev–Trinajstić information content (AvgIpc) is 2.29. The zero-order valence-corrected chi connectivity index (χ0v) is 13.2. The second-order valence-corrected chi connectivity index (χ2v) is 6.85. The molecule has 0 amide bonds. The van der Waals surface area contributed by atoms with Crippen molar-refractivity contribution in [1.82, 2.24) is 4.31 Å². The first-order valence-electron chi connectivity index (χ1n) is 5.66. The highest BCUT2D eigenvalue weighted by Gasteiger charge is 2.28. The van der Waals surface area contributed by atoms with Gasteiger partial charge in [-0.15, -0.1) is 0 Å². The van der Waals surface area contributed by atoms with Crippen LogP contribution in [0.25, 0.3) is 0 Å². The van der Waals surface area contributed by atoms with Crippen LogP contribution in [0.15, 0.2) is 33.6 Å². The topological polar surface area (TPSA) is 46.6 Å². The Bertz CT molecular complexity index is 488. The van der Waals surface area contributed by atoms with Crippen molar-refractivity contribution in [2.75, 3.05) is 20.3 Å². The van der Waals surface area contributed by atoms with Crippen LogP contribution in [0.2, 0.25) is 0 Å². The number of ether oxygens (including phenoxy) is 1. The summed E-state index contributed by atoms with van der Waals surface area (Å²) < 4.78 is 32.1. The van der Waals surface area contributed by atoms with Gasteiger partial charge in [-0.3, -0.25) is 0 Å². The SMILES string of the molecule is COCCN(C(C)C)S(=O)(=O)c1ccccc1Br. The second kappa shape index (κ2) is 6.65. The molecule has 1 aromatic carbocycles. The Labute approximate surface area is 117 Å². The summed E-state index contributed by atoms with van der Waals surface area (Å²) in [5, 5.41) is 0. The van der Waals surface area contributed by atoms with Crippen LogP contribution in [0.1, 0.15) is 13.8 Å². The number of rotatable bonds is 6. The zero-order valence-electron chi connectivity index (χ0n) is 10.8. The third kappa shape index (κ3) is 3.54. The number of hydrogen-bond donors (Lipinski definition) is 0. The molecule has 0 fully saturated rings. The molecule has 0 aliphatic rings. The van der Waals surface area contributed by atoms with Gasteiger partial charge < -0.3 is 4.74 Å². The van der Waals surface area contributed by atoms with Crippen molar-refractivity contribution < 1.29 is 13.2 Å². The lowest BCUT2D eigenvalue weighted by Crippen LogP contribution is -2.39. The van der Waals surface area contributed by atoms with E-state index in [4.69, 9.17) is 4.74 Å². The molecule has 0 radical (unpaired) electrons. The Kier molecular flexibility index (Phi) is 5.78. The van der Waals surface area contributed by atoms with Crippen molar-refractivity contribution in [3.8, 4) is 0 Å². The molecule has 0 saturated carbocycles. The lowest BCUT2D eigenvalue weighted by atomic mass is 10.4. The predicted octanol–water partition coefficient (Wildman–Crippen LogP) is 2.49. The quantitative estimate of drug-likeness (QED) is 0.802. The summed E-state index contributed by atoms with van der Waals surface area (Å²) in [6.07, 6.45) is 0. The van der Waals surface area contributed by atoms with Crippen molar-refractivity contribution in [2.24, 2.45) is 0 Å². The maximum atomic E-state index is 12.5. The molecule has 0 heterocycles. The number of sulfonamides is 1. The Hall–Kier alpha value is -0.430. The number of methoxy groups -OCH3 is 1. The predicted molar refractivity (Wildman–Crippen MR) is 75.0 cm³/mol. The molecule has 0 saturated heterocycles. The van der Waals surface area contributed by atoms with Crippen LogP contribution < -0.4 is 0 Å². The van der Waals surface area contributed by atoms with Gasteiger partial charge in [-0.1, -0.05) is 12.1 Å². The van der Waals surface area contributed by atoms with Gasteiger partial charge in [0.05, 0.1) is 11.5 Å². The van der Waals surface area contributed by atoms with Crippen LogP contribution in [-0.2, 0) is 14.8 Å². The first-order chi connectivity index (χ1) is 8.41. The summed E-state index contributed by atoms with van der Waals surface area (Å²) in [6, 6.07) is 6.71. The number of halogens is 1. The molecular formula is C12H18BrNO3S. The summed E-state index contributed by atoms with van der Waals surface area (Å²) in [6.45, 7) is 4.42. The van der Waals surface area contributed by atoms with E-state index in [2.05, 4.69) is 15.9 Å². The summed E-state index contributed by atoms with van der Waals surface area (Å²) in [5.41, 5.74) is 0.